The van der Waals surface area contributed by atoms with Gasteiger partial charge in [-0.3, -0.25) is 4.79 Å². The van der Waals surface area contributed by atoms with Crippen LogP contribution in [-0.2, 0) is 11.3 Å². The highest BCUT2D eigenvalue weighted by Crippen LogP contribution is 2.11. The van der Waals surface area contributed by atoms with Crippen molar-refractivity contribution in [2.45, 2.75) is 25.5 Å². The van der Waals surface area contributed by atoms with E-state index in [2.05, 4.69) is 10.3 Å². The van der Waals surface area contributed by atoms with Crippen LogP contribution in [0.15, 0.2) is 43.0 Å². The molecule has 2 aromatic rings. The number of carbonyl (C=O) groups excluding carboxylic acids is 1. The second-order valence-corrected chi connectivity index (χ2v) is 5.28. The molecule has 3 rings (SSSR count). The first-order valence-corrected chi connectivity index (χ1v) is 7.26. The first-order chi connectivity index (χ1) is 10.3. The highest BCUT2D eigenvalue weighted by molar-refractivity contribution is 5.94. The summed E-state index contributed by atoms with van der Waals surface area (Å²) >= 11 is 0. The van der Waals surface area contributed by atoms with Gasteiger partial charge in [-0.2, -0.15) is 0 Å². The number of amides is 1. The number of ether oxygens (including phenoxy) is 1. The van der Waals surface area contributed by atoms with Gasteiger partial charge in [-0.15, -0.1) is 0 Å². The maximum atomic E-state index is 12.0. The number of hydrogen-bond donors (Lipinski definition) is 1. The van der Waals surface area contributed by atoms with E-state index in [0.29, 0.717) is 12.1 Å². The van der Waals surface area contributed by atoms with Crippen molar-refractivity contribution in [2.75, 3.05) is 13.2 Å². The predicted molar refractivity (Wildman–Crippen MR) is 79.1 cm³/mol. The molecule has 0 radical (unpaired) electrons. The molecular formula is C16H19N3O2. The van der Waals surface area contributed by atoms with E-state index in [9.17, 15) is 4.79 Å². The molecule has 1 atom stereocenters. The van der Waals surface area contributed by atoms with Gasteiger partial charge in [0.1, 0.15) is 0 Å². The smallest absolute Gasteiger partial charge is 0.251 e. The Hall–Kier alpha value is -2.14. The van der Waals surface area contributed by atoms with Crippen LogP contribution in [0.5, 0.6) is 0 Å². The molecule has 1 fully saturated rings. The van der Waals surface area contributed by atoms with Crippen molar-refractivity contribution in [1.29, 1.82) is 0 Å². The van der Waals surface area contributed by atoms with E-state index >= 15 is 0 Å². The molecule has 0 spiro atoms. The summed E-state index contributed by atoms with van der Waals surface area (Å²) in [5.74, 6) is -0.0420. The van der Waals surface area contributed by atoms with Crippen LogP contribution in [0.25, 0.3) is 0 Å². The first-order valence-electron chi connectivity index (χ1n) is 7.26. The Bertz CT molecular complexity index is 572. The third-order valence-electron chi connectivity index (χ3n) is 3.65. The zero-order chi connectivity index (χ0) is 14.5. The van der Waals surface area contributed by atoms with Gasteiger partial charge in [0.05, 0.1) is 12.4 Å². The number of hydrogen-bond acceptors (Lipinski definition) is 3. The van der Waals surface area contributed by atoms with Gasteiger partial charge in [-0.05, 0) is 30.5 Å². The number of aromatic nitrogens is 2. The maximum absolute atomic E-state index is 12.0. The lowest BCUT2D eigenvalue weighted by Crippen LogP contribution is -2.31. The lowest BCUT2D eigenvalue weighted by atomic mass is 10.1. The maximum Gasteiger partial charge on any atom is 0.251 e. The average Bonchev–Trinajstić information content (AvgIpc) is 3.19. The van der Waals surface area contributed by atoms with Gasteiger partial charge in [-0.25, -0.2) is 4.98 Å². The fraction of sp³-hybridized carbons (Fsp3) is 0.375. The second kappa shape index (κ2) is 6.54. The largest absolute Gasteiger partial charge is 0.376 e. The van der Waals surface area contributed by atoms with E-state index in [1.54, 1.807) is 12.5 Å². The van der Waals surface area contributed by atoms with Crippen molar-refractivity contribution in [1.82, 2.24) is 14.9 Å². The predicted octanol–water partition coefficient (Wildman–Crippen LogP) is 1.84. The number of imidazole rings is 1. The Morgan fingerprint density at radius 3 is 2.90 bits per heavy atom. The highest BCUT2D eigenvalue weighted by atomic mass is 16.5. The molecule has 0 unspecified atom stereocenters. The van der Waals surface area contributed by atoms with Gasteiger partial charge in [0.15, 0.2) is 0 Å². The van der Waals surface area contributed by atoms with Gasteiger partial charge < -0.3 is 14.6 Å². The summed E-state index contributed by atoms with van der Waals surface area (Å²) in [6.07, 6.45) is 7.75. The van der Waals surface area contributed by atoms with Crippen LogP contribution in [0, 0.1) is 0 Å². The summed E-state index contributed by atoms with van der Waals surface area (Å²) < 4.78 is 7.49. The second-order valence-electron chi connectivity index (χ2n) is 5.28. The summed E-state index contributed by atoms with van der Waals surface area (Å²) in [7, 11) is 0. The number of benzene rings is 1. The Morgan fingerprint density at radius 2 is 2.24 bits per heavy atom. The van der Waals surface area contributed by atoms with Gasteiger partial charge in [0.2, 0.25) is 0 Å². The van der Waals surface area contributed by atoms with E-state index in [0.717, 1.165) is 31.6 Å². The quantitative estimate of drug-likeness (QED) is 0.912. The van der Waals surface area contributed by atoms with Gasteiger partial charge in [0.25, 0.3) is 5.91 Å². The molecule has 5 heteroatoms. The molecule has 0 aliphatic carbocycles. The van der Waals surface area contributed by atoms with Crippen LogP contribution in [0.1, 0.15) is 28.8 Å². The van der Waals surface area contributed by atoms with E-state index in [1.807, 2.05) is 35.0 Å². The van der Waals surface area contributed by atoms with Crippen molar-refractivity contribution in [3.8, 4) is 0 Å². The van der Waals surface area contributed by atoms with Crippen LogP contribution >= 0.6 is 0 Å². The molecule has 1 aromatic carbocycles. The number of rotatable bonds is 5. The standard InChI is InChI=1S/C16H19N3O2/c20-16(18-10-15-2-1-9-21-15)14-5-3-13(4-6-14)11-19-8-7-17-12-19/h3-8,12,15H,1-2,9-11H2,(H,18,20)/t15-/m0/s1. The molecule has 1 aliphatic heterocycles. The summed E-state index contributed by atoms with van der Waals surface area (Å²) in [6.45, 7) is 2.16. The number of nitrogens with one attached hydrogen (secondary N) is 1. The summed E-state index contributed by atoms with van der Waals surface area (Å²) in [5.41, 5.74) is 1.83. The Kier molecular flexibility index (Phi) is 4.31. The summed E-state index contributed by atoms with van der Waals surface area (Å²) in [5, 5.41) is 2.93. The molecule has 1 aliphatic rings. The van der Waals surface area contributed by atoms with Crippen LogP contribution in [0.4, 0.5) is 0 Å². The molecule has 1 N–H and O–H groups in total. The van der Waals surface area contributed by atoms with Crippen LogP contribution in [0.3, 0.4) is 0 Å². The molecule has 110 valence electrons. The van der Waals surface area contributed by atoms with Crippen molar-refractivity contribution < 1.29 is 9.53 Å². The van der Waals surface area contributed by atoms with E-state index in [4.69, 9.17) is 4.74 Å². The molecule has 5 nitrogen and oxygen atoms in total. The van der Waals surface area contributed by atoms with Crippen molar-refractivity contribution >= 4 is 5.91 Å². The van der Waals surface area contributed by atoms with E-state index in [-0.39, 0.29) is 12.0 Å². The summed E-state index contributed by atoms with van der Waals surface area (Å²) in [6, 6.07) is 7.66. The zero-order valence-corrected chi connectivity index (χ0v) is 11.9. The average molecular weight is 285 g/mol. The van der Waals surface area contributed by atoms with Gasteiger partial charge in [-0.1, -0.05) is 12.1 Å². The Balaban J connectivity index is 1.54. The van der Waals surface area contributed by atoms with E-state index < -0.39 is 0 Å². The molecule has 1 aromatic heterocycles. The fourth-order valence-corrected chi connectivity index (χ4v) is 2.47. The molecule has 2 heterocycles. The minimum Gasteiger partial charge on any atom is -0.376 e. The van der Waals surface area contributed by atoms with Crippen molar-refractivity contribution in [3.63, 3.8) is 0 Å². The van der Waals surface area contributed by atoms with Gasteiger partial charge in [0, 0.05) is 37.7 Å². The molecule has 1 amide bonds. The van der Waals surface area contributed by atoms with Crippen LogP contribution < -0.4 is 5.32 Å². The monoisotopic (exact) mass is 285 g/mol. The molecule has 0 saturated carbocycles. The zero-order valence-electron chi connectivity index (χ0n) is 11.9. The normalized spacial score (nSPS) is 17.8. The van der Waals surface area contributed by atoms with Crippen LogP contribution in [0.2, 0.25) is 0 Å². The first kappa shape index (κ1) is 13.8. The molecular weight excluding hydrogens is 266 g/mol. The minimum absolute atomic E-state index is 0.0420. The Labute approximate surface area is 124 Å². The van der Waals surface area contributed by atoms with Crippen molar-refractivity contribution in [3.05, 3.63) is 54.1 Å². The van der Waals surface area contributed by atoms with Gasteiger partial charge >= 0.3 is 0 Å². The third kappa shape index (κ3) is 3.70. The third-order valence-corrected chi connectivity index (χ3v) is 3.65. The molecule has 1 saturated heterocycles. The number of nitrogens with zero attached hydrogens (tertiary/aromatic N) is 2. The minimum atomic E-state index is -0.0420. The lowest BCUT2D eigenvalue weighted by molar-refractivity contribution is 0.0858. The topological polar surface area (TPSA) is 56.1 Å². The molecule has 0 bridgehead atoms. The highest BCUT2D eigenvalue weighted by Gasteiger charge is 2.16. The SMILES string of the molecule is O=C(NC[C@@H]1CCCO1)c1ccc(Cn2ccnc2)cc1. The molecule has 21 heavy (non-hydrogen) atoms. The Morgan fingerprint density at radius 1 is 1.38 bits per heavy atom. The van der Waals surface area contributed by atoms with Crippen LogP contribution in [-0.4, -0.2) is 34.7 Å². The van der Waals surface area contributed by atoms with Crippen molar-refractivity contribution in [2.24, 2.45) is 0 Å². The lowest BCUT2D eigenvalue weighted by Gasteiger charge is -2.11. The van der Waals surface area contributed by atoms with E-state index in [1.165, 1.54) is 0 Å². The number of carbonyl (C=O) groups is 1. The fourth-order valence-electron chi connectivity index (χ4n) is 2.47. The summed E-state index contributed by atoms with van der Waals surface area (Å²) in [4.78, 5) is 16.1.